The summed E-state index contributed by atoms with van der Waals surface area (Å²) in [6.45, 7) is 13.5. The molecule has 840 valence electrons. The number of esters is 6. The van der Waals surface area contributed by atoms with Crippen LogP contribution in [-0.2, 0) is 132 Å². The van der Waals surface area contributed by atoms with Gasteiger partial charge in [0.05, 0.1) is 79.0 Å². The summed E-state index contributed by atoms with van der Waals surface area (Å²) in [5, 5.41) is 42.4. The SMILES string of the molecule is CCCCC[C@H](O)CC[C@@H]1[C@H]2Cc3cccc(OCC(=O)OC)c3C[C@H]2C[C@H]1OC(=O)CCN1CCOCC1.CCCCC[C@H](O)CC[C@@H]1[C@H]2Cc3cccc(OCC(=O)OC)c3C[C@H]2C[C@H]1OC(=O)CN1CCCC1.CCCCC[C@H](O)CC[C@@H]1[C@H]2Cc3cccc(OCC(=O)OC)c3C[C@H]2C[C@H]1OC(=O)OCC(F)(F)F.CCCCC[C@H](O)CC[C@@H]1[C@H]2Cc3cccc(OCC(=O)OC)c3C[C@H]2C[C@H]1OC(=O)OCCN(C)C. The fourth-order valence-corrected chi connectivity index (χ4v) is 25.0. The lowest BCUT2D eigenvalue weighted by Gasteiger charge is -2.33. The maximum atomic E-state index is 13.0. The summed E-state index contributed by atoms with van der Waals surface area (Å²) in [6, 6.07) is 23.8. The van der Waals surface area contributed by atoms with Crippen LogP contribution in [0.4, 0.5) is 22.8 Å². The molecule has 0 spiro atoms. The highest BCUT2D eigenvalue weighted by molar-refractivity contribution is 5.74. The number of hydrogen-bond acceptors (Lipinski definition) is 30. The van der Waals surface area contributed by atoms with E-state index in [-0.39, 0.29) is 110 Å². The number of aliphatic hydroxyl groups excluding tert-OH is 4. The lowest BCUT2D eigenvalue weighted by atomic mass is 9.73. The maximum absolute atomic E-state index is 13.0. The van der Waals surface area contributed by atoms with Gasteiger partial charge in [-0.25, -0.2) is 28.8 Å². The number of likely N-dealkylation sites (N-methyl/N-ethyl adjacent to an activating group) is 1. The van der Waals surface area contributed by atoms with Gasteiger partial charge in [0.15, 0.2) is 33.0 Å². The van der Waals surface area contributed by atoms with Crippen LogP contribution in [0, 0.1) is 71.0 Å². The summed E-state index contributed by atoms with van der Waals surface area (Å²) in [5.74, 6) is 3.91. The van der Waals surface area contributed by atoms with Gasteiger partial charge in [-0.3, -0.25) is 19.4 Å². The molecule has 4 aromatic carbocycles. The van der Waals surface area contributed by atoms with Gasteiger partial charge in [-0.05, 0) is 334 Å². The zero-order valence-electron chi connectivity index (χ0n) is 90.8. The third-order valence-corrected chi connectivity index (χ3v) is 32.9. The van der Waals surface area contributed by atoms with E-state index in [1.165, 1.54) is 45.1 Å². The summed E-state index contributed by atoms with van der Waals surface area (Å²) in [7, 11) is 9.22. The molecule has 0 aromatic heterocycles. The second-order valence-corrected chi connectivity index (χ2v) is 43.5. The van der Waals surface area contributed by atoms with Gasteiger partial charge in [0, 0.05) is 26.2 Å². The first-order chi connectivity index (χ1) is 72.4. The van der Waals surface area contributed by atoms with E-state index >= 15 is 0 Å². The normalized spacial score (nSPS) is 24.5. The number of halogens is 3. The molecule has 14 rings (SSSR count). The van der Waals surface area contributed by atoms with Gasteiger partial charge in [-0.15, -0.1) is 0 Å². The molecule has 20 atom stereocenters. The molecule has 0 unspecified atom stereocenters. The van der Waals surface area contributed by atoms with E-state index in [2.05, 4.69) is 65.2 Å². The van der Waals surface area contributed by atoms with E-state index in [1.807, 2.05) is 67.5 Å². The van der Waals surface area contributed by atoms with Crippen LogP contribution in [0.5, 0.6) is 23.0 Å². The molecule has 33 heteroatoms. The highest BCUT2D eigenvalue weighted by Gasteiger charge is 2.53. The molecular weight excluding hydrogens is 1940 g/mol. The summed E-state index contributed by atoms with van der Waals surface area (Å²) < 4.78 is 118. The van der Waals surface area contributed by atoms with Crippen LogP contribution in [0.1, 0.15) is 271 Å². The van der Waals surface area contributed by atoms with E-state index < -0.39 is 61.2 Å². The number of nitrogens with zero attached hydrogens (tertiary/aromatic N) is 3. The monoisotopic (exact) mass is 2110 g/mol. The van der Waals surface area contributed by atoms with E-state index in [1.54, 1.807) is 6.07 Å². The number of morpholine rings is 1. The Kier molecular flexibility index (Phi) is 50.9. The Balaban J connectivity index is 0.000000190. The van der Waals surface area contributed by atoms with Crippen LogP contribution in [-0.4, -0.2) is 279 Å². The van der Waals surface area contributed by atoms with E-state index in [9.17, 15) is 72.0 Å². The standard InChI is InChI=1S/C31H47NO7.C30H45NO6.C29H45NO7.C27H37F3O7/c1-3-4-5-8-24(33)10-11-25-26-18-22-7-6-9-28(38-21-31(35)36-2)27(22)19-23(26)20-29(25)39-30(34)12-13-32-14-16-37-17-15-32;1-3-4-5-10-23(32)12-13-24-25-16-21-9-8-11-27(36-20-30(34)35-2)26(21)17-22(25)18-28(24)37-29(33)19-31-14-6-7-15-31;1-5-6-7-10-22(31)12-13-23-24-16-20-9-8-11-26(36-19-28(32)34-4)25(20)17-21(24)18-27(23)37-29(33)35-15-14-30(2)3;1-3-4-5-8-19(31)10-11-20-21-12-17-7-6-9-23(35-15-25(32)34-2)22(17)13-18(21)14-24(20)37-26(33)36-16-27(28,29)30/h6-7,9,23-26,29,33H,3-5,8,10-21H2,1-2H3;8-9,11,22-25,28,32H,3-7,10,12-20H2,1-2H3;8-9,11,21-24,27,31H,5-7,10,12-19H2,1-4H3;6-7,9,18-21,24,31H,3-5,8,10-16H2,1-2H3/t23-,24-,25+,26-,29+;22-,23-,24+,25-,28+;21-,22-,23+,24-,27+;18-,19-,20+,21-,24+/m0000/s1. The number of carbonyl (C=O) groups is 8. The number of ether oxygens (including phenoxy) is 15. The summed E-state index contributed by atoms with van der Waals surface area (Å²) in [5.41, 5.74) is 9.19. The van der Waals surface area contributed by atoms with E-state index in [0.29, 0.717) is 119 Å². The highest BCUT2D eigenvalue weighted by atomic mass is 19.4. The smallest absolute Gasteiger partial charge is 0.482 e. The molecule has 4 aromatic rings. The largest absolute Gasteiger partial charge is 0.508 e. The van der Waals surface area contributed by atoms with Gasteiger partial charge >= 0.3 is 54.3 Å². The quantitative estimate of drug-likeness (QED) is 0.0181. The van der Waals surface area contributed by atoms with Crippen molar-refractivity contribution in [1.29, 1.82) is 0 Å². The number of aliphatic hydroxyl groups is 4. The minimum Gasteiger partial charge on any atom is -0.482 e. The Bertz CT molecular complexity index is 4780. The van der Waals surface area contributed by atoms with Crippen molar-refractivity contribution >= 4 is 48.1 Å². The van der Waals surface area contributed by atoms with Gasteiger partial charge < -0.3 is 96.4 Å². The molecule has 6 fully saturated rings. The number of methoxy groups -OCH3 is 4. The first-order valence-corrected chi connectivity index (χ1v) is 56.1. The number of benzene rings is 4. The van der Waals surface area contributed by atoms with Crippen LogP contribution in [0.2, 0.25) is 0 Å². The predicted molar refractivity (Wildman–Crippen MR) is 558 cm³/mol. The molecule has 0 bridgehead atoms. The molecule has 10 aliphatic rings. The zero-order valence-corrected chi connectivity index (χ0v) is 90.8. The summed E-state index contributed by atoms with van der Waals surface area (Å²) >= 11 is 0. The van der Waals surface area contributed by atoms with Crippen LogP contribution in [0.25, 0.3) is 0 Å². The Hall–Kier alpha value is -9.09. The van der Waals surface area contributed by atoms with Gasteiger partial charge in [0.1, 0.15) is 54.0 Å². The van der Waals surface area contributed by atoms with Gasteiger partial charge in [0.25, 0.3) is 0 Å². The third kappa shape index (κ3) is 38.2. The molecule has 2 aliphatic heterocycles. The Labute approximate surface area is 886 Å². The average molecular weight is 2110 g/mol. The second kappa shape index (κ2) is 63.1. The average Bonchev–Trinajstić information content (AvgIpc) is 1.62. The van der Waals surface area contributed by atoms with E-state index in [4.69, 9.17) is 61.6 Å². The van der Waals surface area contributed by atoms with Gasteiger partial charge in [-0.2, -0.15) is 13.2 Å². The van der Waals surface area contributed by atoms with Crippen LogP contribution in [0.15, 0.2) is 72.8 Å². The second-order valence-electron chi connectivity index (χ2n) is 43.5. The fourth-order valence-electron chi connectivity index (χ4n) is 25.0. The van der Waals surface area contributed by atoms with Crippen molar-refractivity contribution in [2.75, 3.05) is 141 Å². The number of unbranched alkanes of at least 4 members (excludes halogenated alkanes) is 8. The number of rotatable bonds is 53. The number of fused-ring (bicyclic) bond motifs is 8. The van der Waals surface area contributed by atoms with Crippen molar-refractivity contribution in [3.8, 4) is 23.0 Å². The predicted octanol–water partition coefficient (Wildman–Crippen LogP) is 18.1. The van der Waals surface area contributed by atoms with Crippen molar-refractivity contribution in [3.63, 3.8) is 0 Å². The van der Waals surface area contributed by atoms with Crippen molar-refractivity contribution in [1.82, 2.24) is 14.7 Å². The van der Waals surface area contributed by atoms with Crippen molar-refractivity contribution in [2.24, 2.45) is 71.0 Å². The van der Waals surface area contributed by atoms with Gasteiger partial charge in [0.2, 0.25) is 0 Å². The van der Waals surface area contributed by atoms with Crippen LogP contribution >= 0.6 is 0 Å². The highest BCUT2D eigenvalue weighted by Crippen LogP contribution is 2.55. The lowest BCUT2D eigenvalue weighted by Crippen LogP contribution is -2.38. The van der Waals surface area contributed by atoms with Crippen LogP contribution in [0.3, 0.4) is 0 Å². The molecule has 2 heterocycles. The third-order valence-electron chi connectivity index (χ3n) is 32.9. The lowest BCUT2D eigenvalue weighted by molar-refractivity contribution is -0.167. The van der Waals surface area contributed by atoms with Gasteiger partial charge in [-0.1, -0.05) is 153 Å². The number of hydrogen-bond donors (Lipinski definition) is 4. The molecule has 8 aliphatic carbocycles. The maximum Gasteiger partial charge on any atom is 0.508 e. The molecular formula is C117H174F3N3O27. The van der Waals surface area contributed by atoms with E-state index in [0.717, 1.165) is 284 Å². The van der Waals surface area contributed by atoms with Crippen molar-refractivity contribution in [3.05, 3.63) is 117 Å². The first kappa shape index (κ1) is 121. The minimum atomic E-state index is -4.63. The number of likely N-dealkylation sites (tertiary alicyclic amines) is 1. The molecule has 0 amide bonds. The van der Waals surface area contributed by atoms with Crippen molar-refractivity contribution in [2.45, 2.75) is 333 Å². The minimum absolute atomic E-state index is 0.101. The Morgan fingerprint density at radius 2 is 0.693 bits per heavy atom. The topological polar surface area (TPSA) is 366 Å². The molecule has 0 radical (unpaired) electrons. The zero-order chi connectivity index (χ0) is 108. The number of alkyl halides is 3. The molecule has 2 saturated heterocycles. The summed E-state index contributed by atoms with van der Waals surface area (Å²) in [6.07, 6.45) is 25.2. The first-order valence-electron chi connectivity index (χ1n) is 56.1. The number of carbonyl (C=O) groups excluding carboxylic acids is 8. The van der Waals surface area contributed by atoms with Crippen LogP contribution < -0.4 is 18.9 Å². The molecule has 150 heavy (non-hydrogen) atoms. The molecule has 30 nitrogen and oxygen atoms in total. The molecule has 4 saturated carbocycles. The Morgan fingerprint density at radius 3 is 0.993 bits per heavy atom. The fraction of sp³-hybridized carbons (Fsp3) is 0.726. The van der Waals surface area contributed by atoms with Crippen molar-refractivity contribution < 1.29 is 143 Å². The Morgan fingerprint density at radius 1 is 0.387 bits per heavy atom. The molecule has 4 N–H and O–H groups in total. The summed E-state index contributed by atoms with van der Waals surface area (Å²) in [4.78, 5) is 103.